The summed E-state index contributed by atoms with van der Waals surface area (Å²) in [5.41, 5.74) is 4.09. The zero-order valence-electron chi connectivity index (χ0n) is 9.19. The molecule has 0 bridgehead atoms. The van der Waals surface area contributed by atoms with Gasteiger partial charge in [-0.3, -0.25) is 0 Å². The standard InChI is InChI=1S/C15H14N/c1-2-9-14(10-3-1)16-12-6-8-13-7-4-5-11-15(13)16/h2-5,7,9-11H,6,8,12H2. The smallest absolute Gasteiger partial charge is 0.0443 e. The number of nitrogens with zero attached hydrogens (tertiary/aromatic N) is 1. The predicted octanol–water partition coefficient (Wildman–Crippen LogP) is 3.57. The van der Waals surface area contributed by atoms with Crippen LogP contribution in [0.3, 0.4) is 0 Å². The second-order valence-corrected chi connectivity index (χ2v) is 4.14. The highest BCUT2D eigenvalue weighted by molar-refractivity contribution is 5.67. The maximum atomic E-state index is 3.07. The van der Waals surface area contributed by atoms with Gasteiger partial charge < -0.3 is 4.90 Å². The van der Waals surface area contributed by atoms with Crippen LogP contribution in [0.25, 0.3) is 0 Å². The van der Waals surface area contributed by atoms with Crippen LogP contribution in [-0.4, -0.2) is 6.54 Å². The van der Waals surface area contributed by atoms with Gasteiger partial charge in [-0.2, -0.15) is 0 Å². The molecule has 0 spiro atoms. The monoisotopic (exact) mass is 208 g/mol. The largest absolute Gasteiger partial charge is 0.341 e. The number of para-hydroxylation sites is 1. The van der Waals surface area contributed by atoms with Crippen molar-refractivity contribution < 1.29 is 0 Å². The molecule has 0 fully saturated rings. The molecule has 16 heavy (non-hydrogen) atoms. The molecule has 0 unspecified atom stereocenters. The average Bonchev–Trinajstić information content (AvgIpc) is 2.39. The number of aryl methyl sites for hydroxylation is 1. The molecule has 0 amide bonds. The second kappa shape index (κ2) is 4.01. The summed E-state index contributed by atoms with van der Waals surface area (Å²) in [5, 5.41) is 0. The van der Waals surface area contributed by atoms with Crippen LogP contribution in [0, 0.1) is 6.07 Å². The Balaban J connectivity index is 2.05. The number of anilines is 2. The number of hydrogen-bond donors (Lipinski definition) is 0. The van der Waals surface area contributed by atoms with Crippen LogP contribution in [0.4, 0.5) is 11.4 Å². The zero-order chi connectivity index (χ0) is 10.8. The topological polar surface area (TPSA) is 3.24 Å². The first-order chi connectivity index (χ1) is 7.95. The SMILES string of the molecule is [c]1ccc(N2CCCc3ccccc32)cc1. The van der Waals surface area contributed by atoms with E-state index in [0.717, 1.165) is 6.54 Å². The van der Waals surface area contributed by atoms with Gasteiger partial charge in [-0.05, 0) is 42.7 Å². The molecule has 79 valence electrons. The molecule has 0 saturated carbocycles. The van der Waals surface area contributed by atoms with Gasteiger partial charge in [-0.1, -0.05) is 30.3 Å². The summed E-state index contributed by atoms with van der Waals surface area (Å²) >= 11 is 0. The molecule has 0 N–H and O–H groups in total. The van der Waals surface area contributed by atoms with Crippen molar-refractivity contribution in [1.29, 1.82) is 0 Å². The summed E-state index contributed by atoms with van der Waals surface area (Å²) < 4.78 is 0. The lowest BCUT2D eigenvalue weighted by molar-refractivity contribution is 0.767. The van der Waals surface area contributed by atoms with E-state index >= 15 is 0 Å². The molecule has 1 nitrogen and oxygen atoms in total. The first-order valence-corrected chi connectivity index (χ1v) is 5.77. The van der Waals surface area contributed by atoms with Gasteiger partial charge in [0.05, 0.1) is 0 Å². The maximum absolute atomic E-state index is 3.07. The average molecular weight is 208 g/mol. The Labute approximate surface area is 96.3 Å². The maximum Gasteiger partial charge on any atom is 0.0443 e. The Morgan fingerprint density at radius 1 is 1.00 bits per heavy atom. The van der Waals surface area contributed by atoms with E-state index in [-0.39, 0.29) is 0 Å². The van der Waals surface area contributed by atoms with Gasteiger partial charge >= 0.3 is 0 Å². The van der Waals surface area contributed by atoms with Gasteiger partial charge in [0.2, 0.25) is 0 Å². The van der Waals surface area contributed by atoms with Gasteiger partial charge in [-0.15, -0.1) is 0 Å². The minimum Gasteiger partial charge on any atom is -0.341 e. The zero-order valence-corrected chi connectivity index (χ0v) is 9.19. The van der Waals surface area contributed by atoms with E-state index in [1.54, 1.807) is 0 Å². The minimum absolute atomic E-state index is 1.11. The fourth-order valence-electron chi connectivity index (χ4n) is 2.36. The van der Waals surface area contributed by atoms with Crippen LogP contribution in [0.15, 0.2) is 48.5 Å². The van der Waals surface area contributed by atoms with Crippen molar-refractivity contribution in [1.82, 2.24) is 0 Å². The van der Waals surface area contributed by atoms with Crippen LogP contribution in [0.5, 0.6) is 0 Å². The molecule has 1 heterocycles. The highest BCUT2D eigenvalue weighted by atomic mass is 15.1. The Bertz CT molecular complexity index is 476. The summed E-state index contributed by atoms with van der Waals surface area (Å²) in [5.74, 6) is 0. The Morgan fingerprint density at radius 3 is 2.69 bits per heavy atom. The molecule has 3 rings (SSSR count). The van der Waals surface area contributed by atoms with E-state index in [2.05, 4.69) is 47.4 Å². The molecule has 2 aromatic carbocycles. The lowest BCUT2D eigenvalue weighted by atomic mass is 10.0. The third-order valence-electron chi connectivity index (χ3n) is 3.12. The van der Waals surface area contributed by atoms with Crippen LogP contribution in [0.1, 0.15) is 12.0 Å². The molecule has 0 atom stereocenters. The molecule has 0 aromatic heterocycles. The highest BCUT2D eigenvalue weighted by Gasteiger charge is 2.16. The quantitative estimate of drug-likeness (QED) is 0.692. The van der Waals surface area contributed by atoms with Crippen LogP contribution < -0.4 is 4.90 Å². The number of benzene rings is 2. The van der Waals surface area contributed by atoms with E-state index in [1.165, 1.54) is 29.8 Å². The van der Waals surface area contributed by atoms with Gasteiger partial charge in [0.15, 0.2) is 0 Å². The molecule has 1 radical (unpaired) electrons. The summed E-state index contributed by atoms with van der Waals surface area (Å²) in [6, 6.07) is 20.0. The van der Waals surface area contributed by atoms with Crippen molar-refractivity contribution in [2.75, 3.05) is 11.4 Å². The van der Waals surface area contributed by atoms with E-state index in [1.807, 2.05) is 12.1 Å². The summed E-state index contributed by atoms with van der Waals surface area (Å²) in [6.45, 7) is 1.11. The van der Waals surface area contributed by atoms with E-state index < -0.39 is 0 Å². The van der Waals surface area contributed by atoms with E-state index in [9.17, 15) is 0 Å². The Kier molecular flexibility index (Phi) is 2.37. The van der Waals surface area contributed by atoms with Crippen molar-refractivity contribution in [2.45, 2.75) is 12.8 Å². The molecule has 2 aromatic rings. The number of hydrogen-bond acceptors (Lipinski definition) is 1. The van der Waals surface area contributed by atoms with Crippen LogP contribution >= 0.6 is 0 Å². The lowest BCUT2D eigenvalue weighted by Gasteiger charge is -2.31. The van der Waals surface area contributed by atoms with Crippen molar-refractivity contribution >= 4 is 11.4 Å². The fraction of sp³-hybridized carbons (Fsp3) is 0.200. The van der Waals surface area contributed by atoms with Crippen molar-refractivity contribution in [3.8, 4) is 0 Å². The van der Waals surface area contributed by atoms with Crippen LogP contribution in [-0.2, 0) is 6.42 Å². The molecular formula is C15H14N. The lowest BCUT2D eigenvalue weighted by Crippen LogP contribution is -2.24. The fourth-order valence-corrected chi connectivity index (χ4v) is 2.36. The van der Waals surface area contributed by atoms with Crippen molar-refractivity contribution in [3.05, 3.63) is 60.2 Å². The molecule has 1 heteroatoms. The summed E-state index contributed by atoms with van der Waals surface area (Å²) in [6.07, 6.45) is 2.43. The Hall–Kier alpha value is -1.76. The van der Waals surface area contributed by atoms with Gasteiger partial charge in [-0.25, -0.2) is 0 Å². The highest BCUT2D eigenvalue weighted by Crippen LogP contribution is 2.32. The van der Waals surface area contributed by atoms with Gasteiger partial charge in [0, 0.05) is 17.9 Å². The van der Waals surface area contributed by atoms with E-state index in [4.69, 9.17) is 0 Å². The van der Waals surface area contributed by atoms with E-state index in [0.29, 0.717) is 0 Å². The predicted molar refractivity (Wildman–Crippen MR) is 67.0 cm³/mol. The summed E-state index contributed by atoms with van der Waals surface area (Å²) in [4.78, 5) is 2.40. The van der Waals surface area contributed by atoms with Crippen molar-refractivity contribution in [3.63, 3.8) is 0 Å². The first-order valence-electron chi connectivity index (χ1n) is 5.77. The van der Waals surface area contributed by atoms with Gasteiger partial charge in [0.1, 0.15) is 0 Å². The summed E-state index contributed by atoms with van der Waals surface area (Å²) in [7, 11) is 0. The minimum atomic E-state index is 1.11. The van der Waals surface area contributed by atoms with Crippen molar-refractivity contribution in [2.24, 2.45) is 0 Å². The normalized spacial score (nSPS) is 14.6. The third kappa shape index (κ3) is 1.58. The molecule has 0 aliphatic carbocycles. The van der Waals surface area contributed by atoms with Crippen LogP contribution in [0.2, 0.25) is 0 Å². The first kappa shape index (κ1) is 9.46. The number of fused-ring (bicyclic) bond motifs is 1. The van der Waals surface area contributed by atoms with Gasteiger partial charge in [0.25, 0.3) is 0 Å². The number of rotatable bonds is 1. The third-order valence-corrected chi connectivity index (χ3v) is 3.12. The molecule has 1 aliphatic heterocycles. The molecule has 0 saturated heterocycles. The molecular weight excluding hydrogens is 194 g/mol. The second-order valence-electron chi connectivity index (χ2n) is 4.14. The Morgan fingerprint density at radius 2 is 1.81 bits per heavy atom. The molecule has 1 aliphatic rings.